The van der Waals surface area contributed by atoms with Crippen molar-refractivity contribution in [2.75, 3.05) is 55.5 Å². The smallest absolute Gasteiger partial charge is 0.273 e. The van der Waals surface area contributed by atoms with Crippen molar-refractivity contribution in [3.8, 4) is 0 Å². The van der Waals surface area contributed by atoms with Gasteiger partial charge in [0.1, 0.15) is 17.9 Å². The molecule has 3 aromatic carbocycles. The number of nitrogens with zero attached hydrogens (tertiary/aromatic N) is 4. The predicted octanol–water partition coefficient (Wildman–Crippen LogP) is 5.73. The van der Waals surface area contributed by atoms with Crippen LogP contribution in [0.4, 0.5) is 20.2 Å². The minimum atomic E-state index is -0.576. The summed E-state index contributed by atoms with van der Waals surface area (Å²) in [6.45, 7) is 6.38. The summed E-state index contributed by atoms with van der Waals surface area (Å²) in [6, 6.07) is 15.3. The molecule has 2 saturated heterocycles. The average Bonchev–Trinajstić information content (AvgIpc) is 3.39. The third kappa shape index (κ3) is 6.65. The molecule has 2 aliphatic rings. The minimum absolute atomic E-state index is 0.0245. The molecule has 2 fully saturated rings. The largest absolute Gasteiger partial charge is 0.367 e. The lowest BCUT2D eigenvalue weighted by molar-refractivity contribution is 0.0343. The first-order valence-electron chi connectivity index (χ1n) is 15.0. The molecule has 2 unspecified atom stereocenters. The van der Waals surface area contributed by atoms with Crippen LogP contribution in [0.1, 0.15) is 53.6 Å². The van der Waals surface area contributed by atoms with Gasteiger partial charge in [0.15, 0.2) is 0 Å². The van der Waals surface area contributed by atoms with Gasteiger partial charge in [0.05, 0.1) is 28.7 Å². The maximum absolute atomic E-state index is 13.8. The van der Waals surface area contributed by atoms with Crippen molar-refractivity contribution >= 4 is 28.2 Å². The van der Waals surface area contributed by atoms with Crippen LogP contribution in [0, 0.1) is 11.6 Å². The Labute approximate surface area is 250 Å². The number of carbonyl (C=O) groups excluding carboxylic acids is 1. The summed E-state index contributed by atoms with van der Waals surface area (Å²) in [7, 11) is 2.12. The van der Waals surface area contributed by atoms with Crippen LogP contribution in [-0.4, -0.2) is 66.8 Å². The molecular formula is C33H38F2N6O2. The molecule has 226 valence electrons. The Bertz CT molecular complexity index is 1570. The zero-order valence-electron chi connectivity index (χ0n) is 24.7. The molecule has 1 amide bonds. The van der Waals surface area contributed by atoms with Crippen LogP contribution >= 0.6 is 0 Å². The van der Waals surface area contributed by atoms with E-state index >= 15 is 0 Å². The summed E-state index contributed by atoms with van der Waals surface area (Å²) in [5, 5.41) is 8.87. The number of rotatable bonds is 8. The highest BCUT2D eigenvalue weighted by molar-refractivity contribution is 6.07. The van der Waals surface area contributed by atoms with Crippen LogP contribution in [0.25, 0.3) is 10.9 Å². The fraction of sp³-hybridized carbons (Fsp3) is 0.394. The third-order valence-electron chi connectivity index (χ3n) is 8.45. The van der Waals surface area contributed by atoms with E-state index in [1.165, 1.54) is 16.9 Å². The van der Waals surface area contributed by atoms with Crippen molar-refractivity contribution in [3.63, 3.8) is 0 Å². The number of piperazine rings is 1. The van der Waals surface area contributed by atoms with Gasteiger partial charge >= 0.3 is 0 Å². The first-order valence-corrected chi connectivity index (χ1v) is 15.0. The molecule has 0 bridgehead atoms. The van der Waals surface area contributed by atoms with E-state index in [2.05, 4.69) is 38.8 Å². The Morgan fingerprint density at radius 2 is 1.84 bits per heavy atom. The third-order valence-corrected chi connectivity index (χ3v) is 8.45. The summed E-state index contributed by atoms with van der Waals surface area (Å²) in [5.74, 6) is -1.40. The Kier molecular flexibility index (Phi) is 8.58. The molecule has 0 saturated carbocycles. The maximum atomic E-state index is 13.8. The van der Waals surface area contributed by atoms with Crippen molar-refractivity contribution in [1.29, 1.82) is 0 Å². The molecular weight excluding hydrogens is 550 g/mol. The molecule has 0 spiro atoms. The van der Waals surface area contributed by atoms with Crippen molar-refractivity contribution in [2.45, 2.75) is 44.8 Å². The minimum Gasteiger partial charge on any atom is -0.367 e. The monoisotopic (exact) mass is 588 g/mol. The molecule has 2 N–H and O–H groups in total. The van der Waals surface area contributed by atoms with E-state index in [1.807, 2.05) is 37.3 Å². The van der Waals surface area contributed by atoms with Crippen LogP contribution in [0.5, 0.6) is 0 Å². The van der Waals surface area contributed by atoms with E-state index in [9.17, 15) is 13.6 Å². The number of ether oxygens (including phenoxy) is 1. The van der Waals surface area contributed by atoms with Crippen molar-refractivity contribution in [1.82, 2.24) is 14.8 Å². The lowest BCUT2D eigenvalue weighted by Gasteiger charge is -2.36. The zero-order valence-corrected chi connectivity index (χ0v) is 24.7. The first kappa shape index (κ1) is 29.1. The topological polar surface area (TPSA) is 74.7 Å². The molecule has 2 aliphatic heterocycles. The fourth-order valence-electron chi connectivity index (χ4n) is 6.01. The number of carbonyl (C=O) groups is 1. The molecule has 43 heavy (non-hydrogen) atoms. The molecule has 0 radical (unpaired) electrons. The number of anilines is 2. The Morgan fingerprint density at radius 3 is 2.58 bits per heavy atom. The molecule has 1 aromatic heterocycles. The number of aromatic nitrogens is 2. The summed E-state index contributed by atoms with van der Waals surface area (Å²) in [5.41, 5.74) is 7.65. The van der Waals surface area contributed by atoms with E-state index in [0.717, 1.165) is 79.3 Å². The van der Waals surface area contributed by atoms with E-state index in [0.29, 0.717) is 24.2 Å². The van der Waals surface area contributed by atoms with Gasteiger partial charge in [-0.1, -0.05) is 19.1 Å². The van der Waals surface area contributed by atoms with E-state index in [1.54, 1.807) is 6.20 Å². The lowest BCUT2D eigenvalue weighted by atomic mass is 9.93. The van der Waals surface area contributed by atoms with Crippen molar-refractivity contribution < 1.29 is 18.3 Å². The van der Waals surface area contributed by atoms with Crippen molar-refractivity contribution in [2.24, 2.45) is 0 Å². The van der Waals surface area contributed by atoms with Gasteiger partial charge in [-0.15, -0.1) is 0 Å². The molecule has 6 rings (SSSR count). The summed E-state index contributed by atoms with van der Waals surface area (Å²) in [6.07, 6.45) is 5.07. The number of halogens is 2. The molecule has 2 atom stereocenters. The Hall–Kier alpha value is -4.02. The summed E-state index contributed by atoms with van der Waals surface area (Å²) in [4.78, 5) is 19.9. The van der Waals surface area contributed by atoms with E-state index in [-0.39, 0.29) is 18.1 Å². The van der Waals surface area contributed by atoms with Crippen LogP contribution in [0.15, 0.2) is 60.8 Å². The van der Waals surface area contributed by atoms with Gasteiger partial charge in [-0.05, 0) is 86.2 Å². The van der Waals surface area contributed by atoms with Gasteiger partial charge in [-0.25, -0.2) is 14.2 Å². The van der Waals surface area contributed by atoms with Gasteiger partial charge in [0, 0.05) is 44.2 Å². The highest BCUT2D eigenvalue weighted by atomic mass is 19.1. The van der Waals surface area contributed by atoms with Crippen LogP contribution < -0.4 is 15.6 Å². The second-order valence-electron chi connectivity index (χ2n) is 11.7. The summed E-state index contributed by atoms with van der Waals surface area (Å²) < 4.78 is 33.4. The van der Waals surface area contributed by atoms with Gasteiger partial charge in [0.2, 0.25) is 0 Å². The van der Waals surface area contributed by atoms with Crippen molar-refractivity contribution in [3.05, 3.63) is 89.1 Å². The number of benzene rings is 3. The van der Waals surface area contributed by atoms with Gasteiger partial charge in [0.25, 0.3) is 5.91 Å². The van der Waals surface area contributed by atoms with E-state index in [4.69, 9.17) is 4.74 Å². The number of amides is 1. The van der Waals surface area contributed by atoms with E-state index < -0.39 is 11.6 Å². The number of hydrogen-bond donors (Lipinski definition) is 2. The second-order valence-corrected chi connectivity index (χ2v) is 11.7. The number of fused-ring (bicyclic) bond motifs is 1. The number of para-hydroxylation sites is 1. The molecule has 4 aromatic rings. The number of nitrogens with one attached hydrogen (secondary N) is 2. The Morgan fingerprint density at radius 1 is 1.05 bits per heavy atom. The highest BCUT2D eigenvalue weighted by Gasteiger charge is 2.25. The molecule has 0 aliphatic carbocycles. The number of likely N-dealkylation sites (N-methyl/N-ethyl adjacent to an activating group) is 1. The SMILES string of the molecule is CC(Cc1cc(F)cc(F)c1)c1ccc2c(cnn2NC(=O)c2cccc(N3CCN(C)CC3)c2NC2CCCCO2)c1. The lowest BCUT2D eigenvalue weighted by Crippen LogP contribution is -2.45. The summed E-state index contributed by atoms with van der Waals surface area (Å²) >= 11 is 0. The molecule has 8 nitrogen and oxygen atoms in total. The van der Waals surface area contributed by atoms with Gasteiger partial charge in [-0.3, -0.25) is 4.79 Å². The standard InChI is InChI=1S/C33H38F2N6O2/c1-22(16-23-17-26(34)20-27(35)18-23)24-9-10-29-25(19-24)21-36-41(29)38-33(42)28-6-5-7-30(40-13-11-39(2)12-14-40)32(28)37-31-8-3-4-15-43-31/h5-7,9-10,17-22,31,37H,3-4,8,11-16H2,1-2H3,(H,38,42). The second kappa shape index (κ2) is 12.7. The number of hydrogen-bond acceptors (Lipinski definition) is 6. The molecule has 10 heteroatoms. The highest BCUT2D eigenvalue weighted by Crippen LogP contribution is 2.33. The fourth-order valence-corrected chi connectivity index (χ4v) is 6.01. The van der Waals surface area contributed by atoms with Gasteiger partial charge < -0.3 is 19.9 Å². The van der Waals surface area contributed by atoms with Crippen LogP contribution in [0.3, 0.4) is 0 Å². The van der Waals surface area contributed by atoms with Crippen LogP contribution in [0.2, 0.25) is 0 Å². The Balaban J connectivity index is 1.23. The maximum Gasteiger partial charge on any atom is 0.273 e. The average molecular weight is 589 g/mol. The van der Waals surface area contributed by atoms with Crippen LogP contribution in [-0.2, 0) is 11.2 Å². The first-order chi connectivity index (χ1) is 20.8. The molecule has 3 heterocycles. The normalized spacial score (nSPS) is 18.5. The zero-order chi connectivity index (χ0) is 29.9. The predicted molar refractivity (Wildman–Crippen MR) is 165 cm³/mol. The quantitative estimate of drug-likeness (QED) is 0.274. The van der Waals surface area contributed by atoms with Gasteiger partial charge in [-0.2, -0.15) is 9.89 Å².